The molecule has 4 rings (SSSR count). The Labute approximate surface area is 179 Å². The molecule has 0 bridgehead atoms. The molecule has 0 spiro atoms. The molecule has 0 saturated carbocycles. The third-order valence-corrected chi connectivity index (χ3v) is 5.60. The van der Waals surface area contributed by atoms with Crippen LogP contribution in [0.3, 0.4) is 0 Å². The van der Waals surface area contributed by atoms with Crippen molar-refractivity contribution in [2.75, 3.05) is 5.75 Å². The molecular weight excluding hydrogens is 429 g/mol. The van der Waals surface area contributed by atoms with E-state index >= 15 is 0 Å². The third-order valence-electron chi connectivity index (χ3n) is 4.29. The lowest BCUT2D eigenvalue weighted by Gasteiger charge is -2.07. The van der Waals surface area contributed by atoms with Crippen molar-refractivity contribution in [3.05, 3.63) is 87.7 Å². The summed E-state index contributed by atoms with van der Waals surface area (Å²) < 4.78 is 16.3. The first-order valence-electron chi connectivity index (χ1n) is 8.88. The second-order valence-corrected chi connectivity index (χ2v) is 7.64. The highest BCUT2D eigenvalue weighted by atomic mass is 35.5. The minimum absolute atomic E-state index is 0.0840. The highest BCUT2D eigenvalue weighted by Crippen LogP contribution is 2.17. The van der Waals surface area contributed by atoms with Crippen molar-refractivity contribution in [1.29, 1.82) is 0 Å². The van der Waals surface area contributed by atoms with Crippen molar-refractivity contribution >= 4 is 34.9 Å². The number of hydrogen-bond donors (Lipinski definition) is 1. The molecule has 0 atom stereocenters. The van der Waals surface area contributed by atoms with Crippen LogP contribution in [0, 0.1) is 5.82 Å². The van der Waals surface area contributed by atoms with Crippen LogP contribution in [0.5, 0.6) is 0 Å². The van der Waals surface area contributed by atoms with E-state index in [1.165, 1.54) is 33.4 Å². The lowest BCUT2D eigenvalue weighted by Crippen LogP contribution is -2.24. The Balaban J connectivity index is 1.46. The number of carbonyl (C=O) groups excluding carboxylic acids is 1. The summed E-state index contributed by atoms with van der Waals surface area (Å²) >= 11 is 7.23. The SMILES string of the molecule is O=C(CSc1nnc2c(=O)n(-c3cccc(F)c3)ccn12)NCc1ccccc1Cl. The number of fused-ring (bicyclic) bond motifs is 1. The quantitative estimate of drug-likeness (QED) is 0.463. The number of aromatic nitrogens is 4. The van der Waals surface area contributed by atoms with Crippen molar-refractivity contribution in [3.8, 4) is 5.69 Å². The standard InChI is InChI=1S/C20H15ClFN5O2S/c21-16-7-2-1-4-13(16)11-23-17(28)12-30-20-25-24-18-19(29)26(8-9-27(18)20)15-6-3-5-14(22)10-15/h1-10H,11-12H2,(H,23,28). The normalized spacial score (nSPS) is 11.0. The number of nitrogens with one attached hydrogen (secondary N) is 1. The van der Waals surface area contributed by atoms with E-state index < -0.39 is 11.4 Å². The summed E-state index contributed by atoms with van der Waals surface area (Å²) in [5.41, 5.74) is 0.855. The maximum atomic E-state index is 13.5. The van der Waals surface area contributed by atoms with Gasteiger partial charge >= 0.3 is 5.56 Å². The molecule has 1 N–H and O–H groups in total. The highest BCUT2D eigenvalue weighted by molar-refractivity contribution is 7.99. The van der Waals surface area contributed by atoms with Gasteiger partial charge < -0.3 is 5.32 Å². The molecule has 2 aromatic heterocycles. The minimum atomic E-state index is -0.445. The zero-order valence-corrected chi connectivity index (χ0v) is 17.0. The number of benzene rings is 2. The van der Waals surface area contributed by atoms with Crippen molar-refractivity contribution in [1.82, 2.24) is 24.5 Å². The monoisotopic (exact) mass is 443 g/mol. The summed E-state index contributed by atoms with van der Waals surface area (Å²) in [5, 5.41) is 11.7. The van der Waals surface area contributed by atoms with Gasteiger partial charge in [-0.05, 0) is 29.8 Å². The smallest absolute Gasteiger partial charge is 0.300 e. The summed E-state index contributed by atoms with van der Waals surface area (Å²) in [6.07, 6.45) is 3.11. The predicted octanol–water partition coefficient (Wildman–Crippen LogP) is 3.08. The molecule has 0 aliphatic rings. The molecule has 1 amide bonds. The summed E-state index contributed by atoms with van der Waals surface area (Å²) in [6.45, 7) is 0.317. The molecule has 30 heavy (non-hydrogen) atoms. The fourth-order valence-electron chi connectivity index (χ4n) is 2.81. The first-order chi connectivity index (χ1) is 14.5. The summed E-state index contributed by atoms with van der Waals surface area (Å²) in [6, 6.07) is 13.0. The summed E-state index contributed by atoms with van der Waals surface area (Å²) in [5.74, 6) is -0.553. The van der Waals surface area contributed by atoms with Gasteiger partial charge in [0.1, 0.15) is 5.82 Å². The maximum absolute atomic E-state index is 13.5. The lowest BCUT2D eigenvalue weighted by molar-refractivity contribution is -0.118. The molecule has 4 aromatic rings. The van der Waals surface area contributed by atoms with Gasteiger partial charge in [-0.3, -0.25) is 18.6 Å². The fraction of sp³-hybridized carbons (Fsp3) is 0.100. The van der Waals surface area contributed by atoms with Crippen LogP contribution in [0.1, 0.15) is 5.56 Å². The molecule has 0 aliphatic carbocycles. The van der Waals surface area contributed by atoms with Crippen LogP contribution in [0.15, 0.2) is 70.9 Å². The van der Waals surface area contributed by atoms with E-state index in [0.717, 1.165) is 17.3 Å². The average Bonchev–Trinajstić information content (AvgIpc) is 3.16. The molecule has 2 heterocycles. The second-order valence-electron chi connectivity index (χ2n) is 6.29. The molecule has 0 saturated heterocycles. The molecule has 0 fully saturated rings. The van der Waals surface area contributed by atoms with Gasteiger partial charge in [-0.15, -0.1) is 10.2 Å². The van der Waals surface area contributed by atoms with E-state index in [2.05, 4.69) is 15.5 Å². The van der Waals surface area contributed by atoms with Gasteiger partial charge in [0.05, 0.1) is 11.4 Å². The van der Waals surface area contributed by atoms with Gasteiger partial charge in [0.2, 0.25) is 11.6 Å². The molecule has 0 aliphatic heterocycles. The Morgan fingerprint density at radius 3 is 2.77 bits per heavy atom. The van der Waals surface area contributed by atoms with Crippen molar-refractivity contribution < 1.29 is 9.18 Å². The molecule has 0 unspecified atom stereocenters. The van der Waals surface area contributed by atoms with Crippen LogP contribution in [-0.2, 0) is 11.3 Å². The predicted molar refractivity (Wildman–Crippen MR) is 113 cm³/mol. The molecule has 7 nitrogen and oxygen atoms in total. The van der Waals surface area contributed by atoms with E-state index in [0.29, 0.717) is 22.4 Å². The van der Waals surface area contributed by atoms with E-state index in [1.54, 1.807) is 18.3 Å². The van der Waals surface area contributed by atoms with Gasteiger partial charge in [-0.2, -0.15) is 0 Å². The van der Waals surface area contributed by atoms with Crippen LogP contribution in [0.4, 0.5) is 4.39 Å². The van der Waals surface area contributed by atoms with E-state index in [9.17, 15) is 14.0 Å². The van der Waals surface area contributed by atoms with E-state index in [1.807, 2.05) is 18.2 Å². The van der Waals surface area contributed by atoms with Crippen molar-refractivity contribution in [3.63, 3.8) is 0 Å². The zero-order valence-electron chi connectivity index (χ0n) is 15.5. The largest absolute Gasteiger partial charge is 0.351 e. The van der Waals surface area contributed by atoms with Crippen molar-refractivity contribution in [2.24, 2.45) is 0 Å². The molecule has 10 heteroatoms. The van der Waals surface area contributed by atoms with Crippen LogP contribution in [0.2, 0.25) is 5.02 Å². The first-order valence-corrected chi connectivity index (χ1v) is 10.2. The molecule has 152 valence electrons. The number of amides is 1. The number of thioether (sulfide) groups is 1. The van der Waals surface area contributed by atoms with Gasteiger partial charge in [0, 0.05) is 24.0 Å². The number of halogens is 2. The Kier molecular flexibility index (Phi) is 5.82. The van der Waals surface area contributed by atoms with Crippen LogP contribution in [0.25, 0.3) is 11.3 Å². The molecule has 0 radical (unpaired) electrons. The topological polar surface area (TPSA) is 81.3 Å². The summed E-state index contributed by atoms with van der Waals surface area (Å²) in [7, 11) is 0. The minimum Gasteiger partial charge on any atom is -0.351 e. The van der Waals surface area contributed by atoms with Crippen LogP contribution >= 0.6 is 23.4 Å². The van der Waals surface area contributed by atoms with Gasteiger partial charge in [0.15, 0.2) is 5.16 Å². The average molecular weight is 444 g/mol. The summed E-state index contributed by atoms with van der Waals surface area (Å²) in [4.78, 5) is 24.9. The van der Waals surface area contributed by atoms with E-state index in [4.69, 9.17) is 11.6 Å². The third kappa shape index (κ3) is 4.22. The Hall–Kier alpha value is -3.17. The number of hydrogen-bond acceptors (Lipinski definition) is 5. The van der Waals surface area contributed by atoms with E-state index in [-0.39, 0.29) is 17.3 Å². The van der Waals surface area contributed by atoms with Gasteiger partial charge in [-0.1, -0.05) is 47.6 Å². The molecule has 2 aromatic carbocycles. The van der Waals surface area contributed by atoms with Gasteiger partial charge in [-0.25, -0.2) is 4.39 Å². The fourth-order valence-corrected chi connectivity index (χ4v) is 3.76. The lowest BCUT2D eigenvalue weighted by atomic mass is 10.2. The second kappa shape index (κ2) is 8.68. The number of rotatable bonds is 6. The van der Waals surface area contributed by atoms with Crippen molar-refractivity contribution in [2.45, 2.75) is 11.7 Å². The Bertz CT molecular complexity index is 1290. The Morgan fingerprint density at radius 1 is 1.13 bits per heavy atom. The number of carbonyl (C=O) groups is 1. The van der Waals surface area contributed by atoms with Gasteiger partial charge in [0.25, 0.3) is 0 Å². The zero-order chi connectivity index (χ0) is 21.1. The highest BCUT2D eigenvalue weighted by Gasteiger charge is 2.14. The number of nitrogens with zero attached hydrogens (tertiary/aromatic N) is 4. The first kappa shape index (κ1) is 20.1. The maximum Gasteiger partial charge on any atom is 0.300 e. The Morgan fingerprint density at radius 2 is 1.97 bits per heavy atom. The molecular formula is C20H15ClFN5O2S. The van der Waals surface area contributed by atoms with Crippen LogP contribution in [-0.4, -0.2) is 30.8 Å². The van der Waals surface area contributed by atoms with Crippen LogP contribution < -0.4 is 10.9 Å².